The summed E-state index contributed by atoms with van der Waals surface area (Å²) in [7, 11) is -3.60. The molecule has 1 saturated heterocycles. The van der Waals surface area contributed by atoms with Crippen molar-refractivity contribution >= 4 is 44.1 Å². The van der Waals surface area contributed by atoms with Gasteiger partial charge in [-0.05, 0) is 62.6 Å². The van der Waals surface area contributed by atoms with Gasteiger partial charge >= 0.3 is 0 Å². The molecule has 0 spiro atoms. The van der Waals surface area contributed by atoms with Crippen LogP contribution >= 0.6 is 11.6 Å². The highest BCUT2D eigenvalue weighted by molar-refractivity contribution is 7.89. The molecule has 0 unspecified atom stereocenters. The van der Waals surface area contributed by atoms with E-state index in [-0.39, 0.29) is 23.3 Å². The molecule has 4 rings (SSSR count). The first kappa shape index (κ1) is 24.4. The summed E-state index contributed by atoms with van der Waals surface area (Å²) in [6, 6.07) is 14.4. The summed E-state index contributed by atoms with van der Waals surface area (Å²) < 4.78 is 27.4. The number of fused-ring (bicyclic) bond motifs is 1. The Hall–Kier alpha value is -2.68. The Labute approximate surface area is 205 Å². The van der Waals surface area contributed by atoms with Crippen LogP contribution in [0.3, 0.4) is 0 Å². The predicted molar refractivity (Wildman–Crippen MR) is 136 cm³/mol. The molecule has 1 aliphatic heterocycles. The molecular weight excluding hydrogens is 472 g/mol. The molecule has 34 heavy (non-hydrogen) atoms. The number of amides is 1. The van der Waals surface area contributed by atoms with E-state index in [0.29, 0.717) is 37.5 Å². The van der Waals surface area contributed by atoms with Crippen LogP contribution in [0.1, 0.15) is 24.8 Å². The highest BCUT2D eigenvalue weighted by Crippen LogP contribution is 2.25. The average molecular weight is 501 g/mol. The second kappa shape index (κ2) is 10.7. The van der Waals surface area contributed by atoms with Crippen LogP contribution in [0.5, 0.6) is 0 Å². The SMILES string of the molecule is Cc1ccc(S(=O)(=O)N2CCC[C@@H](C(=O)NCCCNc3ccnc4cc(Cl)ccc34)C2)cc1. The zero-order valence-electron chi connectivity index (χ0n) is 19.1. The molecule has 1 atom stereocenters. The highest BCUT2D eigenvalue weighted by Gasteiger charge is 2.33. The lowest BCUT2D eigenvalue weighted by atomic mass is 9.99. The Morgan fingerprint density at radius 3 is 2.74 bits per heavy atom. The Morgan fingerprint density at radius 2 is 1.94 bits per heavy atom. The van der Waals surface area contributed by atoms with Crippen LogP contribution in [0.25, 0.3) is 10.9 Å². The average Bonchev–Trinajstić information content (AvgIpc) is 2.84. The fourth-order valence-electron chi connectivity index (χ4n) is 4.18. The number of pyridine rings is 1. The van der Waals surface area contributed by atoms with Gasteiger partial charge in [-0.3, -0.25) is 9.78 Å². The summed E-state index contributed by atoms with van der Waals surface area (Å²) in [4.78, 5) is 17.3. The van der Waals surface area contributed by atoms with Crippen molar-refractivity contribution in [3.05, 3.63) is 65.3 Å². The Balaban J connectivity index is 1.26. The first-order valence-corrected chi connectivity index (χ1v) is 13.3. The molecule has 0 bridgehead atoms. The maximum absolute atomic E-state index is 13.0. The van der Waals surface area contributed by atoms with Gasteiger partial charge in [-0.15, -0.1) is 0 Å². The molecular formula is C25H29ClN4O3S. The zero-order chi connectivity index (χ0) is 24.1. The van der Waals surface area contributed by atoms with E-state index < -0.39 is 10.0 Å². The van der Waals surface area contributed by atoms with Crippen LogP contribution in [-0.2, 0) is 14.8 Å². The molecule has 2 N–H and O–H groups in total. The van der Waals surface area contributed by atoms with Gasteiger partial charge in [0.05, 0.1) is 16.3 Å². The summed E-state index contributed by atoms with van der Waals surface area (Å²) in [5.41, 5.74) is 2.80. The minimum Gasteiger partial charge on any atom is -0.384 e. The lowest BCUT2D eigenvalue weighted by molar-refractivity contribution is -0.126. The van der Waals surface area contributed by atoms with E-state index in [1.807, 2.05) is 31.2 Å². The van der Waals surface area contributed by atoms with Gasteiger partial charge in [0.2, 0.25) is 15.9 Å². The van der Waals surface area contributed by atoms with E-state index in [1.54, 1.807) is 30.5 Å². The van der Waals surface area contributed by atoms with Crippen molar-refractivity contribution < 1.29 is 13.2 Å². The van der Waals surface area contributed by atoms with Crippen molar-refractivity contribution in [2.75, 3.05) is 31.5 Å². The minimum absolute atomic E-state index is 0.0900. The minimum atomic E-state index is -3.60. The van der Waals surface area contributed by atoms with Crippen LogP contribution in [0, 0.1) is 12.8 Å². The van der Waals surface area contributed by atoms with Crippen molar-refractivity contribution in [3.8, 4) is 0 Å². The number of carbonyl (C=O) groups is 1. The Bertz CT molecular complexity index is 1260. The number of anilines is 1. The summed E-state index contributed by atoms with van der Waals surface area (Å²) in [5, 5.41) is 8.00. The summed E-state index contributed by atoms with van der Waals surface area (Å²) in [5.74, 6) is -0.427. The first-order valence-electron chi connectivity index (χ1n) is 11.5. The van der Waals surface area contributed by atoms with Crippen LogP contribution in [0.15, 0.2) is 59.6 Å². The number of rotatable bonds is 8. The second-order valence-electron chi connectivity index (χ2n) is 8.61. The predicted octanol–water partition coefficient (Wildman–Crippen LogP) is 4.22. The smallest absolute Gasteiger partial charge is 0.243 e. The molecule has 0 aliphatic carbocycles. The molecule has 0 saturated carbocycles. The third kappa shape index (κ3) is 5.68. The van der Waals surface area contributed by atoms with Gasteiger partial charge in [0.15, 0.2) is 0 Å². The second-order valence-corrected chi connectivity index (χ2v) is 11.0. The first-order chi connectivity index (χ1) is 16.3. The number of aryl methyl sites for hydroxylation is 1. The van der Waals surface area contributed by atoms with Gasteiger partial charge < -0.3 is 10.6 Å². The van der Waals surface area contributed by atoms with Crippen molar-refractivity contribution in [2.24, 2.45) is 5.92 Å². The van der Waals surface area contributed by atoms with Crippen LogP contribution in [-0.4, -0.2) is 49.8 Å². The Kier molecular flexibility index (Phi) is 7.70. The number of hydrogen-bond donors (Lipinski definition) is 2. The molecule has 3 aromatic rings. The summed E-state index contributed by atoms with van der Waals surface area (Å²) >= 11 is 6.04. The van der Waals surface area contributed by atoms with Gasteiger partial charge in [-0.2, -0.15) is 4.31 Å². The highest BCUT2D eigenvalue weighted by atomic mass is 35.5. The van der Waals surface area contributed by atoms with Crippen molar-refractivity contribution in [2.45, 2.75) is 31.1 Å². The molecule has 1 aromatic heterocycles. The van der Waals surface area contributed by atoms with E-state index in [4.69, 9.17) is 11.6 Å². The number of carbonyl (C=O) groups excluding carboxylic acids is 1. The van der Waals surface area contributed by atoms with Gasteiger partial charge in [-0.1, -0.05) is 29.3 Å². The lowest BCUT2D eigenvalue weighted by Gasteiger charge is -2.31. The topological polar surface area (TPSA) is 91.4 Å². The van der Waals surface area contributed by atoms with E-state index >= 15 is 0 Å². The monoisotopic (exact) mass is 500 g/mol. The summed E-state index contributed by atoms with van der Waals surface area (Å²) in [6.07, 6.45) is 3.84. The normalized spacial score (nSPS) is 16.9. The number of aromatic nitrogens is 1. The number of halogens is 1. The molecule has 9 heteroatoms. The Morgan fingerprint density at radius 1 is 1.15 bits per heavy atom. The van der Waals surface area contributed by atoms with E-state index in [2.05, 4.69) is 15.6 Å². The van der Waals surface area contributed by atoms with Gasteiger partial charge in [0.25, 0.3) is 0 Å². The number of nitrogens with one attached hydrogen (secondary N) is 2. The molecule has 0 radical (unpaired) electrons. The van der Waals surface area contributed by atoms with E-state index in [9.17, 15) is 13.2 Å². The largest absolute Gasteiger partial charge is 0.384 e. The maximum Gasteiger partial charge on any atom is 0.243 e. The standard InChI is InChI=1S/C25H29ClN4O3S/c1-18-5-8-21(9-6-18)34(32,33)30-15-2-4-19(17-30)25(31)29-13-3-12-27-23-11-14-28-24-16-20(26)7-10-22(23)24/h5-11,14,16,19H,2-4,12-13,15,17H2,1H3,(H,27,28)(H,29,31)/t19-/m1/s1. The van der Waals surface area contributed by atoms with Crippen molar-refractivity contribution in [1.82, 2.24) is 14.6 Å². The van der Waals surface area contributed by atoms with E-state index in [1.165, 1.54) is 4.31 Å². The molecule has 1 fully saturated rings. The lowest BCUT2D eigenvalue weighted by Crippen LogP contribution is -2.45. The number of sulfonamides is 1. The quantitative estimate of drug-likeness (QED) is 0.452. The molecule has 1 aliphatic rings. The number of piperidine rings is 1. The molecule has 1 amide bonds. The third-order valence-corrected chi connectivity index (χ3v) is 8.20. The van der Waals surface area contributed by atoms with Crippen LogP contribution in [0.2, 0.25) is 5.02 Å². The number of benzene rings is 2. The molecule has 2 heterocycles. The summed E-state index contributed by atoms with van der Waals surface area (Å²) in [6.45, 7) is 3.77. The molecule has 2 aromatic carbocycles. The zero-order valence-corrected chi connectivity index (χ0v) is 20.7. The van der Waals surface area contributed by atoms with Crippen molar-refractivity contribution in [1.29, 1.82) is 0 Å². The van der Waals surface area contributed by atoms with Crippen LogP contribution in [0.4, 0.5) is 5.69 Å². The fourth-order valence-corrected chi connectivity index (χ4v) is 5.87. The fraction of sp³-hybridized carbons (Fsp3) is 0.360. The third-order valence-electron chi connectivity index (χ3n) is 6.09. The molecule has 180 valence electrons. The van der Waals surface area contributed by atoms with Gasteiger partial charge in [0.1, 0.15) is 0 Å². The maximum atomic E-state index is 13.0. The number of nitrogens with zero attached hydrogens (tertiary/aromatic N) is 2. The van der Waals surface area contributed by atoms with E-state index in [0.717, 1.165) is 28.6 Å². The van der Waals surface area contributed by atoms with Crippen LogP contribution < -0.4 is 10.6 Å². The van der Waals surface area contributed by atoms with Gasteiger partial charge in [-0.25, -0.2) is 8.42 Å². The van der Waals surface area contributed by atoms with Gasteiger partial charge in [0, 0.05) is 48.5 Å². The molecule has 7 nitrogen and oxygen atoms in total. The number of hydrogen-bond acceptors (Lipinski definition) is 5. The van der Waals surface area contributed by atoms with Crippen molar-refractivity contribution in [3.63, 3.8) is 0 Å².